The minimum absolute atomic E-state index is 0. The summed E-state index contributed by atoms with van der Waals surface area (Å²) in [6.07, 6.45) is -3.83. The molecule has 4 radical (unpaired) electrons. The van der Waals surface area contributed by atoms with Gasteiger partial charge in [0.05, 0.1) is 11.1 Å². The summed E-state index contributed by atoms with van der Waals surface area (Å²) in [5.74, 6) is -1.27. The molecular weight excluding hydrogens is 363 g/mol. The van der Waals surface area contributed by atoms with E-state index in [0.717, 1.165) is 0 Å². The lowest BCUT2D eigenvalue weighted by Gasteiger charge is -2.27. The van der Waals surface area contributed by atoms with Crippen molar-refractivity contribution in [1.82, 2.24) is 0 Å². The Kier molecular flexibility index (Phi) is 6.96. The number of esters is 2. The number of aliphatic hydroxyl groups excluding tert-OH is 1. The molecule has 4 atom stereocenters. The summed E-state index contributed by atoms with van der Waals surface area (Å²) >= 11 is 0. The fraction of sp³-hybridized carbons (Fsp3) is 0.300. The Morgan fingerprint density at radius 2 is 1.50 bits per heavy atom. The zero-order valence-electron chi connectivity index (χ0n) is 15.2. The molecule has 0 bridgehead atoms. The summed E-state index contributed by atoms with van der Waals surface area (Å²) in [5.41, 5.74) is -1.22. The lowest BCUT2D eigenvalue weighted by molar-refractivity contribution is -0.170. The molecule has 7 nitrogen and oxygen atoms in total. The quantitative estimate of drug-likeness (QED) is 0.590. The predicted molar refractivity (Wildman–Crippen MR) is 99.6 cm³/mol. The summed E-state index contributed by atoms with van der Waals surface area (Å²) in [6, 6.07) is 16.6. The van der Waals surface area contributed by atoms with Crippen molar-refractivity contribution in [3.8, 4) is 0 Å². The summed E-state index contributed by atoms with van der Waals surface area (Å²) < 4.78 is 15.8. The first-order valence-corrected chi connectivity index (χ1v) is 8.43. The van der Waals surface area contributed by atoms with Crippen molar-refractivity contribution in [3.05, 3.63) is 71.8 Å². The topological polar surface area (TPSA) is 102 Å². The molecule has 0 saturated carbocycles. The monoisotopic (exact) mass is 383 g/mol. The second-order valence-corrected chi connectivity index (χ2v) is 6.41. The van der Waals surface area contributed by atoms with Gasteiger partial charge in [0.2, 0.25) is 0 Å². The highest BCUT2D eigenvalue weighted by atomic mass is 16.7. The van der Waals surface area contributed by atoms with Gasteiger partial charge >= 0.3 is 11.9 Å². The number of carbonyl (C=O) groups is 2. The maximum Gasteiger partial charge on any atom is 0.338 e. The van der Waals surface area contributed by atoms with Crippen molar-refractivity contribution in [2.24, 2.45) is 0 Å². The Bertz CT molecular complexity index is 795. The predicted octanol–water partition coefficient (Wildman–Crippen LogP) is 1.16. The highest BCUT2D eigenvalue weighted by molar-refractivity contribution is 5.90. The summed E-state index contributed by atoms with van der Waals surface area (Å²) in [6.45, 7) is 0.993. The minimum atomic E-state index is -1.85. The van der Waals surface area contributed by atoms with Gasteiger partial charge in [0.1, 0.15) is 12.7 Å². The van der Waals surface area contributed by atoms with E-state index in [1.54, 1.807) is 60.7 Å². The standard InChI is InChI=1S/C20H20O7.B/c1-20(24)16(27-18(22)14-10-6-3-7-11-14)15(26-19(20)23)12-25-17(21)13-8-4-2-5-9-13;/h2-11,15-16,19,23-24H,12H2,1H3;/q;-1/t15-,16-,19?,20-;/m1./s1. The number of ether oxygens (including phenoxy) is 3. The second kappa shape index (κ2) is 9.01. The van der Waals surface area contributed by atoms with Gasteiger partial charge in [-0.15, -0.1) is 0 Å². The molecule has 146 valence electrons. The Labute approximate surface area is 164 Å². The zero-order chi connectivity index (χ0) is 19.4. The maximum absolute atomic E-state index is 12.3. The van der Waals surface area contributed by atoms with Crippen LogP contribution in [0.1, 0.15) is 27.6 Å². The second-order valence-electron chi connectivity index (χ2n) is 6.41. The third-order valence-corrected chi connectivity index (χ3v) is 4.35. The summed E-state index contributed by atoms with van der Waals surface area (Å²) in [5, 5.41) is 20.4. The van der Waals surface area contributed by atoms with Crippen molar-refractivity contribution in [1.29, 1.82) is 0 Å². The summed E-state index contributed by atoms with van der Waals surface area (Å²) in [7, 11) is 0. The number of aliphatic hydroxyl groups is 2. The SMILES string of the molecule is C[C@]1(O)C(O)O[C@H](COC(=O)c2ccccc2)[C@H]1OC(=O)c1ccccc1.[B-]. The molecule has 1 saturated heterocycles. The van der Waals surface area contributed by atoms with Crippen LogP contribution in [0.3, 0.4) is 0 Å². The molecule has 0 amide bonds. The number of benzene rings is 2. The molecule has 2 aromatic carbocycles. The van der Waals surface area contributed by atoms with E-state index in [2.05, 4.69) is 0 Å². The molecule has 1 heterocycles. The third-order valence-electron chi connectivity index (χ3n) is 4.35. The molecule has 2 aromatic rings. The zero-order valence-corrected chi connectivity index (χ0v) is 15.2. The van der Waals surface area contributed by atoms with Crippen LogP contribution in [-0.2, 0) is 14.2 Å². The Morgan fingerprint density at radius 3 is 2.04 bits per heavy atom. The van der Waals surface area contributed by atoms with E-state index in [4.69, 9.17) is 14.2 Å². The Balaban J connectivity index is 0.00000280. The van der Waals surface area contributed by atoms with Crippen molar-refractivity contribution >= 4 is 20.4 Å². The van der Waals surface area contributed by atoms with Crippen molar-refractivity contribution < 1.29 is 34.0 Å². The van der Waals surface area contributed by atoms with Gasteiger partial charge in [-0.3, -0.25) is 0 Å². The smallest absolute Gasteiger partial charge is 0.338 e. The van der Waals surface area contributed by atoms with E-state index in [1.165, 1.54) is 6.92 Å². The summed E-state index contributed by atoms with van der Waals surface area (Å²) in [4.78, 5) is 24.4. The van der Waals surface area contributed by atoms with Crippen LogP contribution in [0.2, 0.25) is 0 Å². The highest BCUT2D eigenvalue weighted by Crippen LogP contribution is 2.33. The molecule has 2 N–H and O–H groups in total. The van der Waals surface area contributed by atoms with E-state index < -0.39 is 36.0 Å². The first-order valence-electron chi connectivity index (χ1n) is 8.43. The average Bonchev–Trinajstić information content (AvgIpc) is 2.90. The number of rotatable bonds is 5. The molecule has 1 aliphatic rings. The van der Waals surface area contributed by atoms with Crippen LogP contribution in [0.15, 0.2) is 60.7 Å². The minimum Gasteiger partial charge on any atom is -1.00 e. The Morgan fingerprint density at radius 1 is 1.00 bits per heavy atom. The largest absolute Gasteiger partial charge is 1.00 e. The van der Waals surface area contributed by atoms with Crippen LogP contribution in [0.25, 0.3) is 0 Å². The van der Waals surface area contributed by atoms with Crippen LogP contribution in [-0.4, -0.2) is 61.3 Å². The van der Waals surface area contributed by atoms with E-state index >= 15 is 0 Å². The van der Waals surface area contributed by atoms with Gasteiger partial charge in [0, 0.05) is 0 Å². The molecule has 1 unspecified atom stereocenters. The molecular formula is C20H20BO7-. The van der Waals surface area contributed by atoms with Gasteiger partial charge in [0.15, 0.2) is 18.0 Å². The van der Waals surface area contributed by atoms with Gasteiger partial charge < -0.3 is 32.8 Å². The van der Waals surface area contributed by atoms with E-state index in [0.29, 0.717) is 5.56 Å². The first kappa shape index (κ1) is 21.6. The molecule has 0 spiro atoms. The third kappa shape index (κ3) is 4.59. The lowest BCUT2D eigenvalue weighted by Crippen LogP contribution is -2.48. The van der Waals surface area contributed by atoms with E-state index in [-0.39, 0.29) is 20.6 Å². The van der Waals surface area contributed by atoms with Gasteiger partial charge in [-0.25, -0.2) is 9.59 Å². The molecule has 3 rings (SSSR count). The van der Waals surface area contributed by atoms with Crippen LogP contribution >= 0.6 is 0 Å². The van der Waals surface area contributed by atoms with Crippen LogP contribution in [0, 0.1) is 0 Å². The van der Waals surface area contributed by atoms with Crippen LogP contribution in [0.5, 0.6) is 0 Å². The van der Waals surface area contributed by atoms with Gasteiger partial charge in [0.25, 0.3) is 0 Å². The van der Waals surface area contributed by atoms with Gasteiger partial charge in [-0.05, 0) is 31.2 Å². The number of hydrogen-bond acceptors (Lipinski definition) is 7. The highest BCUT2D eigenvalue weighted by Gasteiger charge is 2.55. The van der Waals surface area contributed by atoms with Gasteiger partial charge in [-0.1, -0.05) is 36.4 Å². The molecule has 1 aliphatic heterocycles. The van der Waals surface area contributed by atoms with E-state index in [9.17, 15) is 19.8 Å². The van der Waals surface area contributed by atoms with Gasteiger partial charge in [-0.2, -0.15) is 0 Å². The Hall–Kier alpha value is -2.68. The van der Waals surface area contributed by atoms with Crippen molar-refractivity contribution in [3.63, 3.8) is 0 Å². The van der Waals surface area contributed by atoms with Crippen molar-refractivity contribution in [2.75, 3.05) is 6.61 Å². The van der Waals surface area contributed by atoms with Crippen molar-refractivity contribution in [2.45, 2.75) is 31.0 Å². The normalized spacial score (nSPS) is 26.2. The lowest BCUT2D eigenvalue weighted by atomic mass is 9.97. The average molecular weight is 383 g/mol. The van der Waals surface area contributed by atoms with E-state index in [1.807, 2.05) is 0 Å². The van der Waals surface area contributed by atoms with Crippen LogP contribution < -0.4 is 0 Å². The number of carbonyl (C=O) groups excluding carboxylic acids is 2. The van der Waals surface area contributed by atoms with Crippen LogP contribution in [0.4, 0.5) is 0 Å². The molecule has 1 fully saturated rings. The molecule has 8 heteroatoms. The molecule has 28 heavy (non-hydrogen) atoms. The molecule has 0 aromatic heterocycles. The first-order chi connectivity index (χ1) is 12.9. The maximum atomic E-state index is 12.3. The number of hydrogen-bond donors (Lipinski definition) is 2. The fourth-order valence-electron chi connectivity index (χ4n) is 2.79. The molecule has 0 aliphatic carbocycles. The fourth-order valence-corrected chi connectivity index (χ4v) is 2.79.